The minimum atomic E-state index is 0.224. The van der Waals surface area contributed by atoms with E-state index >= 15 is 0 Å². The van der Waals surface area contributed by atoms with Gasteiger partial charge in [0, 0.05) is 38.1 Å². The van der Waals surface area contributed by atoms with Crippen LogP contribution in [0.5, 0.6) is 0 Å². The van der Waals surface area contributed by atoms with Crippen LogP contribution < -0.4 is 5.73 Å². The molecule has 2 N–H and O–H groups in total. The molecule has 0 aromatic carbocycles. The van der Waals surface area contributed by atoms with Crippen LogP contribution in [0.3, 0.4) is 0 Å². The number of nitrogens with zero attached hydrogens (tertiary/aromatic N) is 2. The fourth-order valence-corrected chi connectivity index (χ4v) is 3.69. The average Bonchev–Trinajstić information content (AvgIpc) is 2.48. The van der Waals surface area contributed by atoms with E-state index in [1.165, 1.54) is 19.3 Å². The number of carbonyl (C=O) groups is 1. The number of piperidine rings is 2. The van der Waals surface area contributed by atoms with Crippen molar-refractivity contribution in [3.63, 3.8) is 0 Å². The second-order valence-electron chi connectivity index (χ2n) is 6.63. The number of hydrogen-bond acceptors (Lipinski definition) is 3. The summed E-state index contributed by atoms with van der Waals surface area (Å²) < 4.78 is 0. The highest BCUT2D eigenvalue weighted by atomic mass is 16.2. The maximum atomic E-state index is 12.4. The number of carbonyl (C=O) groups excluding carboxylic acids is 1. The third-order valence-electron chi connectivity index (χ3n) is 5.28. The second-order valence-corrected chi connectivity index (χ2v) is 6.63. The molecule has 2 aliphatic heterocycles. The maximum absolute atomic E-state index is 12.4. The zero-order chi connectivity index (χ0) is 14.5. The van der Waals surface area contributed by atoms with Crippen molar-refractivity contribution in [3.8, 4) is 0 Å². The Morgan fingerprint density at radius 1 is 1.15 bits per heavy atom. The van der Waals surface area contributed by atoms with Crippen molar-refractivity contribution < 1.29 is 4.79 Å². The molecule has 2 heterocycles. The first kappa shape index (κ1) is 15.8. The van der Waals surface area contributed by atoms with Crippen LogP contribution in [-0.4, -0.2) is 54.0 Å². The fraction of sp³-hybridized carbons (Fsp3) is 0.938. The molecule has 4 heteroatoms. The third-order valence-corrected chi connectivity index (χ3v) is 5.28. The minimum absolute atomic E-state index is 0.224. The summed E-state index contributed by atoms with van der Waals surface area (Å²) in [6.45, 7) is 8.19. The van der Waals surface area contributed by atoms with Gasteiger partial charge in [-0.25, -0.2) is 0 Å². The summed E-state index contributed by atoms with van der Waals surface area (Å²) in [5, 5.41) is 0. The Morgan fingerprint density at radius 2 is 1.85 bits per heavy atom. The molecule has 0 spiro atoms. The first-order valence-electron chi connectivity index (χ1n) is 8.37. The van der Waals surface area contributed by atoms with Crippen LogP contribution in [0.4, 0.5) is 0 Å². The van der Waals surface area contributed by atoms with Crippen LogP contribution in [0.1, 0.15) is 52.4 Å². The molecule has 0 aromatic rings. The molecular weight excluding hydrogens is 250 g/mol. The molecule has 20 heavy (non-hydrogen) atoms. The molecular formula is C16H31N3O. The van der Waals surface area contributed by atoms with Crippen LogP contribution in [0, 0.1) is 5.92 Å². The highest BCUT2D eigenvalue weighted by molar-refractivity contribution is 5.77. The van der Waals surface area contributed by atoms with Crippen LogP contribution in [0.2, 0.25) is 0 Å². The van der Waals surface area contributed by atoms with Gasteiger partial charge in [-0.1, -0.05) is 6.92 Å². The van der Waals surface area contributed by atoms with Crippen molar-refractivity contribution in [1.29, 1.82) is 0 Å². The summed E-state index contributed by atoms with van der Waals surface area (Å²) in [7, 11) is 0. The smallest absolute Gasteiger partial charge is 0.224 e. The molecule has 2 saturated heterocycles. The van der Waals surface area contributed by atoms with Gasteiger partial charge in [-0.2, -0.15) is 0 Å². The van der Waals surface area contributed by atoms with E-state index in [9.17, 15) is 4.79 Å². The summed E-state index contributed by atoms with van der Waals surface area (Å²) in [6.07, 6.45) is 6.74. The Hall–Kier alpha value is -0.610. The lowest BCUT2D eigenvalue weighted by Crippen LogP contribution is -2.53. The molecule has 2 fully saturated rings. The van der Waals surface area contributed by atoms with Crippen LogP contribution in [0.25, 0.3) is 0 Å². The van der Waals surface area contributed by atoms with E-state index in [1.54, 1.807) is 0 Å². The van der Waals surface area contributed by atoms with E-state index in [0.717, 1.165) is 32.5 Å². The van der Waals surface area contributed by atoms with Gasteiger partial charge in [-0.05, 0) is 51.5 Å². The third kappa shape index (κ3) is 3.73. The predicted octanol–water partition coefficient (Wildman–Crippen LogP) is 1.84. The Morgan fingerprint density at radius 3 is 2.50 bits per heavy atom. The number of nitrogens with two attached hydrogens (primary N) is 1. The summed E-state index contributed by atoms with van der Waals surface area (Å²) in [6, 6.07) is 0.772. The fourth-order valence-electron chi connectivity index (χ4n) is 3.69. The van der Waals surface area contributed by atoms with Gasteiger partial charge >= 0.3 is 0 Å². The predicted molar refractivity (Wildman–Crippen MR) is 82.5 cm³/mol. The van der Waals surface area contributed by atoms with Gasteiger partial charge in [0.25, 0.3) is 0 Å². The lowest BCUT2D eigenvalue weighted by molar-refractivity contribution is -0.133. The van der Waals surface area contributed by atoms with E-state index in [2.05, 4.69) is 18.7 Å². The molecule has 0 aliphatic carbocycles. The molecule has 0 aromatic heterocycles. The SMILES string of the molecule is CC1CCCN(C(CN)CC(=O)N2CCCCC2)C1C. The highest BCUT2D eigenvalue weighted by Gasteiger charge is 2.31. The molecule has 3 atom stereocenters. The molecule has 1 amide bonds. The van der Waals surface area contributed by atoms with Gasteiger partial charge in [0.15, 0.2) is 0 Å². The zero-order valence-electron chi connectivity index (χ0n) is 13.2. The van der Waals surface area contributed by atoms with Crippen molar-refractivity contribution in [3.05, 3.63) is 0 Å². The lowest BCUT2D eigenvalue weighted by Gasteiger charge is -2.43. The number of likely N-dealkylation sites (tertiary alicyclic amines) is 2. The summed E-state index contributed by atoms with van der Waals surface area (Å²) >= 11 is 0. The summed E-state index contributed by atoms with van der Waals surface area (Å²) in [5.41, 5.74) is 5.98. The quantitative estimate of drug-likeness (QED) is 0.855. The first-order valence-corrected chi connectivity index (χ1v) is 8.37. The van der Waals surface area contributed by atoms with Gasteiger partial charge < -0.3 is 10.6 Å². The molecule has 2 aliphatic rings. The van der Waals surface area contributed by atoms with Gasteiger partial charge in [0.05, 0.1) is 0 Å². The topological polar surface area (TPSA) is 49.6 Å². The largest absolute Gasteiger partial charge is 0.343 e. The van der Waals surface area contributed by atoms with Gasteiger partial charge in [0.1, 0.15) is 0 Å². The molecule has 0 bridgehead atoms. The Bertz CT molecular complexity index is 315. The molecule has 2 rings (SSSR count). The lowest BCUT2D eigenvalue weighted by atomic mass is 9.90. The monoisotopic (exact) mass is 281 g/mol. The van der Waals surface area contributed by atoms with Crippen LogP contribution >= 0.6 is 0 Å². The van der Waals surface area contributed by atoms with E-state index in [-0.39, 0.29) is 6.04 Å². The van der Waals surface area contributed by atoms with Crippen molar-refractivity contribution >= 4 is 5.91 Å². The highest BCUT2D eigenvalue weighted by Crippen LogP contribution is 2.26. The minimum Gasteiger partial charge on any atom is -0.343 e. The molecule has 0 radical (unpaired) electrons. The second kappa shape index (κ2) is 7.41. The Labute approximate surface area is 123 Å². The molecule has 4 nitrogen and oxygen atoms in total. The zero-order valence-corrected chi connectivity index (χ0v) is 13.2. The summed E-state index contributed by atoms with van der Waals surface area (Å²) in [4.78, 5) is 17.0. The first-order chi connectivity index (χ1) is 9.63. The number of hydrogen-bond donors (Lipinski definition) is 1. The van der Waals surface area contributed by atoms with E-state index in [0.29, 0.717) is 30.8 Å². The summed E-state index contributed by atoms with van der Waals surface area (Å²) in [5.74, 6) is 1.02. The van der Waals surface area contributed by atoms with Crippen molar-refractivity contribution in [2.75, 3.05) is 26.2 Å². The average molecular weight is 281 g/mol. The van der Waals surface area contributed by atoms with Crippen LogP contribution in [0.15, 0.2) is 0 Å². The molecule has 0 saturated carbocycles. The van der Waals surface area contributed by atoms with Crippen molar-refractivity contribution in [2.45, 2.75) is 64.5 Å². The van der Waals surface area contributed by atoms with E-state index in [4.69, 9.17) is 5.73 Å². The standard InChI is InChI=1S/C16H31N3O/c1-13-7-6-10-19(14(13)2)15(12-17)11-16(20)18-8-4-3-5-9-18/h13-15H,3-12,17H2,1-2H3. The van der Waals surface area contributed by atoms with Crippen molar-refractivity contribution in [1.82, 2.24) is 9.80 Å². The van der Waals surface area contributed by atoms with Gasteiger partial charge in [-0.15, -0.1) is 0 Å². The maximum Gasteiger partial charge on any atom is 0.224 e. The van der Waals surface area contributed by atoms with E-state index < -0.39 is 0 Å². The Balaban J connectivity index is 1.92. The molecule has 3 unspecified atom stereocenters. The number of amides is 1. The van der Waals surface area contributed by atoms with Crippen LogP contribution in [-0.2, 0) is 4.79 Å². The number of rotatable bonds is 4. The Kier molecular flexibility index (Phi) is 5.85. The van der Waals surface area contributed by atoms with Gasteiger partial charge in [0.2, 0.25) is 5.91 Å². The van der Waals surface area contributed by atoms with Gasteiger partial charge in [-0.3, -0.25) is 9.69 Å². The normalized spacial score (nSPS) is 30.2. The van der Waals surface area contributed by atoms with E-state index in [1.807, 2.05) is 4.90 Å². The van der Waals surface area contributed by atoms with Crippen molar-refractivity contribution in [2.24, 2.45) is 11.7 Å². The molecule has 116 valence electrons.